The molecule has 70 heavy (non-hydrogen) atoms. The Balaban J connectivity index is 1.81. The first-order chi connectivity index (χ1) is 34.0. The monoisotopic (exact) mass is 995 g/mol. The van der Waals surface area contributed by atoms with Gasteiger partial charge in [0.15, 0.2) is 18.7 Å². The number of carbonyl (C=O) groups is 2. The van der Waals surface area contributed by atoms with Crippen LogP contribution >= 0.6 is 0 Å². The van der Waals surface area contributed by atoms with Crippen molar-refractivity contribution >= 4 is 11.9 Å². The lowest BCUT2D eigenvalue weighted by molar-refractivity contribution is -0.332. The van der Waals surface area contributed by atoms with Crippen molar-refractivity contribution in [3.63, 3.8) is 0 Å². The fraction of sp³-hybridized carbons (Fsp3) is 0.782. The molecule has 7 N–H and O–H groups in total. The summed E-state index contributed by atoms with van der Waals surface area (Å²) in [6, 6.07) is 0. The number of ether oxygens (including phenoxy) is 6. The molecule has 0 amide bonds. The molecule has 2 aliphatic heterocycles. The first-order valence-electron chi connectivity index (χ1n) is 26.9. The summed E-state index contributed by atoms with van der Waals surface area (Å²) in [6.07, 6.45) is 31.0. The molecule has 2 rings (SSSR count). The molecule has 2 saturated heterocycles. The summed E-state index contributed by atoms with van der Waals surface area (Å²) < 4.78 is 33.6. The maximum Gasteiger partial charge on any atom is 0.306 e. The second-order valence-corrected chi connectivity index (χ2v) is 18.7. The number of esters is 2. The fourth-order valence-electron chi connectivity index (χ4n) is 8.08. The highest BCUT2D eigenvalue weighted by Gasteiger charge is 2.47. The molecular weight excluding hydrogens is 901 g/mol. The average molecular weight is 995 g/mol. The minimum Gasteiger partial charge on any atom is -0.462 e. The molecular formula is C55H94O15. The second-order valence-electron chi connectivity index (χ2n) is 18.7. The third-order valence-electron chi connectivity index (χ3n) is 12.5. The quantitative estimate of drug-likeness (QED) is 0.0175. The minimum atomic E-state index is -1.77. The van der Waals surface area contributed by atoms with E-state index in [0.717, 1.165) is 83.5 Å². The highest BCUT2D eigenvalue weighted by molar-refractivity contribution is 5.70. The Morgan fingerprint density at radius 3 is 1.43 bits per heavy atom. The van der Waals surface area contributed by atoms with E-state index in [9.17, 15) is 45.3 Å². The highest BCUT2D eigenvalue weighted by Crippen LogP contribution is 2.26. The zero-order chi connectivity index (χ0) is 51.0. The molecule has 0 aromatic carbocycles. The van der Waals surface area contributed by atoms with Gasteiger partial charge >= 0.3 is 11.9 Å². The molecule has 0 aromatic rings. The largest absolute Gasteiger partial charge is 0.462 e. The maximum absolute atomic E-state index is 13.0. The third-order valence-corrected chi connectivity index (χ3v) is 12.5. The maximum atomic E-state index is 13.0. The average Bonchev–Trinajstić information content (AvgIpc) is 3.35. The smallest absolute Gasteiger partial charge is 0.306 e. The zero-order valence-electron chi connectivity index (χ0n) is 42.7. The summed E-state index contributed by atoms with van der Waals surface area (Å²) in [5.41, 5.74) is 0. The fourth-order valence-corrected chi connectivity index (χ4v) is 8.08. The molecule has 0 bridgehead atoms. The van der Waals surface area contributed by atoms with Gasteiger partial charge in [-0.05, 0) is 77.0 Å². The van der Waals surface area contributed by atoms with Gasteiger partial charge < -0.3 is 64.2 Å². The van der Waals surface area contributed by atoms with Crippen LogP contribution in [0, 0.1) is 0 Å². The van der Waals surface area contributed by atoms with Crippen molar-refractivity contribution in [1.29, 1.82) is 0 Å². The second kappa shape index (κ2) is 41.6. The van der Waals surface area contributed by atoms with E-state index in [4.69, 9.17) is 28.4 Å². The Morgan fingerprint density at radius 1 is 0.471 bits per heavy atom. The van der Waals surface area contributed by atoms with E-state index in [2.05, 4.69) is 74.6 Å². The van der Waals surface area contributed by atoms with Gasteiger partial charge in [0.2, 0.25) is 0 Å². The van der Waals surface area contributed by atoms with Crippen LogP contribution in [0.4, 0.5) is 0 Å². The Labute approximate surface area is 420 Å². The number of unbranched alkanes of at least 4 members (excludes halogenated alkanes) is 17. The standard InChI is InChI=1S/C55H94O15/c1-3-5-7-9-11-13-15-17-19-21-23-25-27-29-31-33-35-37-46(57)65-40-43(68-47(58)38-36-34-32-30-28-26-24-22-20-18-16-14-12-10-8-6-4-2)41-66-54-53(64)51(62)49(60)45(70-54)42-67-55-52(63)50(61)48(59)44(39-56)69-55/h6,8,12,14,17-20,24,26,43-45,48-56,59-64H,3-5,7,9-11,13,15-16,21-23,25,27-42H2,1-2H3/b8-6-,14-12-,19-17-,20-18-,26-24-. The van der Waals surface area contributed by atoms with Crippen LogP contribution in [-0.2, 0) is 38.0 Å². The first kappa shape index (κ1) is 63.3. The molecule has 404 valence electrons. The van der Waals surface area contributed by atoms with Crippen molar-refractivity contribution in [3.05, 3.63) is 60.8 Å². The predicted octanol–water partition coefficient (Wildman–Crippen LogP) is 8.05. The van der Waals surface area contributed by atoms with E-state index in [1.54, 1.807) is 0 Å². The van der Waals surface area contributed by atoms with Crippen LogP contribution in [0.3, 0.4) is 0 Å². The van der Waals surface area contributed by atoms with Crippen LogP contribution in [0.5, 0.6) is 0 Å². The molecule has 0 spiro atoms. The molecule has 0 aliphatic carbocycles. The Kier molecular flexibility index (Phi) is 37.7. The number of aliphatic hydroxyl groups excluding tert-OH is 7. The molecule has 2 heterocycles. The number of carbonyl (C=O) groups excluding carboxylic acids is 2. The molecule has 2 fully saturated rings. The summed E-state index contributed by atoms with van der Waals surface area (Å²) >= 11 is 0. The van der Waals surface area contributed by atoms with Crippen molar-refractivity contribution in [1.82, 2.24) is 0 Å². The van der Waals surface area contributed by atoms with Crippen LogP contribution in [0.25, 0.3) is 0 Å². The van der Waals surface area contributed by atoms with Crippen LogP contribution in [0.15, 0.2) is 60.8 Å². The van der Waals surface area contributed by atoms with Crippen molar-refractivity contribution in [3.8, 4) is 0 Å². The number of allylic oxidation sites excluding steroid dienone is 10. The van der Waals surface area contributed by atoms with E-state index in [1.165, 1.54) is 57.8 Å². The Morgan fingerprint density at radius 2 is 0.900 bits per heavy atom. The van der Waals surface area contributed by atoms with Gasteiger partial charge in [0, 0.05) is 12.8 Å². The Hall–Kier alpha value is -2.80. The van der Waals surface area contributed by atoms with Gasteiger partial charge in [-0.3, -0.25) is 9.59 Å². The molecule has 11 atom stereocenters. The number of hydrogen-bond donors (Lipinski definition) is 7. The Bertz CT molecular complexity index is 1450. The topological polar surface area (TPSA) is 231 Å². The van der Waals surface area contributed by atoms with E-state index < -0.39 is 99.3 Å². The van der Waals surface area contributed by atoms with Gasteiger partial charge in [0.1, 0.15) is 55.4 Å². The minimum absolute atomic E-state index is 0.134. The van der Waals surface area contributed by atoms with Gasteiger partial charge in [-0.15, -0.1) is 0 Å². The number of aliphatic hydroxyl groups is 7. The van der Waals surface area contributed by atoms with Gasteiger partial charge in [-0.25, -0.2) is 0 Å². The molecule has 0 saturated carbocycles. The van der Waals surface area contributed by atoms with Crippen LogP contribution in [0.2, 0.25) is 0 Å². The van der Waals surface area contributed by atoms with Crippen LogP contribution in [-0.4, -0.2) is 142 Å². The molecule has 15 heteroatoms. The summed E-state index contributed by atoms with van der Waals surface area (Å²) in [7, 11) is 0. The van der Waals surface area contributed by atoms with E-state index in [-0.39, 0.29) is 19.4 Å². The molecule has 11 unspecified atom stereocenters. The third kappa shape index (κ3) is 29.0. The van der Waals surface area contributed by atoms with Gasteiger partial charge in [-0.2, -0.15) is 0 Å². The zero-order valence-corrected chi connectivity index (χ0v) is 42.7. The molecule has 0 aromatic heterocycles. The SMILES string of the molecule is CC/C=C\C/C=C\C/C=C\C/C=C\CCCCCCC(=O)OC(COC(=O)CCCCCCCCC/C=C\CCCCCCCC)COC1OC(COC2OC(CO)C(O)C(O)C2O)C(O)C(O)C1O. The summed E-state index contributed by atoms with van der Waals surface area (Å²) in [6.45, 7) is 2.44. The highest BCUT2D eigenvalue weighted by atomic mass is 16.7. The lowest BCUT2D eigenvalue weighted by Crippen LogP contribution is -2.61. The lowest BCUT2D eigenvalue weighted by Gasteiger charge is -2.42. The molecule has 2 aliphatic rings. The van der Waals surface area contributed by atoms with Crippen molar-refractivity contribution in [2.45, 2.75) is 248 Å². The van der Waals surface area contributed by atoms with Crippen LogP contribution in [0.1, 0.15) is 181 Å². The van der Waals surface area contributed by atoms with Crippen molar-refractivity contribution in [2.24, 2.45) is 0 Å². The molecule has 15 nitrogen and oxygen atoms in total. The first-order valence-corrected chi connectivity index (χ1v) is 26.9. The lowest BCUT2D eigenvalue weighted by atomic mass is 9.98. The number of rotatable bonds is 41. The van der Waals surface area contributed by atoms with Crippen molar-refractivity contribution < 1.29 is 73.8 Å². The summed E-state index contributed by atoms with van der Waals surface area (Å²) in [5, 5.41) is 72.2. The van der Waals surface area contributed by atoms with Gasteiger partial charge in [-0.1, -0.05) is 152 Å². The van der Waals surface area contributed by atoms with Gasteiger partial charge in [0.05, 0.1) is 19.8 Å². The number of hydrogen-bond acceptors (Lipinski definition) is 15. The van der Waals surface area contributed by atoms with E-state index >= 15 is 0 Å². The normalized spacial score (nSPS) is 25.8. The predicted molar refractivity (Wildman–Crippen MR) is 270 cm³/mol. The van der Waals surface area contributed by atoms with E-state index in [0.29, 0.717) is 12.8 Å². The van der Waals surface area contributed by atoms with Crippen molar-refractivity contribution in [2.75, 3.05) is 26.4 Å². The van der Waals surface area contributed by atoms with Crippen LogP contribution < -0.4 is 0 Å². The molecule has 0 radical (unpaired) electrons. The van der Waals surface area contributed by atoms with Gasteiger partial charge in [0.25, 0.3) is 0 Å². The van der Waals surface area contributed by atoms with E-state index in [1.807, 2.05) is 0 Å². The summed E-state index contributed by atoms with van der Waals surface area (Å²) in [4.78, 5) is 25.8. The summed E-state index contributed by atoms with van der Waals surface area (Å²) in [5.74, 6) is -0.959.